The molecule has 2 aromatic rings. The van der Waals surface area contributed by atoms with Crippen molar-refractivity contribution in [1.82, 2.24) is 5.32 Å². The molecule has 0 spiro atoms. The molecule has 0 atom stereocenters. The summed E-state index contributed by atoms with van der Waals surface area (Å²) in [6.07, 6.45) is 0. The van der Waals surface area contributed by atoms with E-state index in [1.807, 2.05) is 0 Å². The van der Waals surface area contributed by atoms with E-state index in [0.29, 0.717) is 5.56 Å². The number of halogens is 2. The summed E-state index contributed by atoms with van der Waals surface area (Å²) in [4.78, 5) is 12.4. The highest BCUT2D eigenvalue weighted by atomic mass is 35.5. The smallest absolute Gasteiger partial charge is 0.262 e. The number of carbonyl (C=O) groups excluding carboxylic acids is 1. The molecule has 0 fully saturated rings. The van der Waals surface area contributed by atoms with E-state index in [0.717, 1.165) is 12.1 Å². The number of hydrogen-bond acceptors (Lipinski definition) is 4. The van der Waals surface area contributed by atoms with Crippen LogP contribution in [0.4, 0.5) is 10.1 Å². The lowest BCUT2D eigenvalue weighted by atomic mass is 10.0. The minimum atomic E-state index is -3.94. The van der Waals surface area contributed by atoms with E-state index in [-0.39, 0.29) is 35.1 Å². The van der Waals surface area contributed by atoms with E-state index < -0.39 is 27.3 Å². The molecule has 0 heterocycles. The van der Waals surface area contributed by atoms with Crippen LogP contribution in [0, 0.1) is 12.7 Å². The molecule has 0 unspecified atom stereocenters. The zero-order chi connectivity index (χ0) is 19.5. The number of rotatable bonds is 6. The fourth-order valence-electron chi connectivity index (χ4n) is 2.19. The summed E-state index contributed by atoms with van der Waals surface area (Å²) in [6.45, 7) is 5.41. The van der Waals surface area contributed by atoms with Gasteiger partial charge in [0.15, 0.2) is 0 Å². The average Bonchev–Trinajstić information content (AvgIpc) is 2.56. The summed E-state index contributed by atoms with van der Waals surface area (Å²) in [7, 11) is -3.94. The minimum absolute atomic E-state index is 0. The van der Waals surface area contributed by atoms with Gasteiger partial charge in [-0.3, -0.25) is 9.52 Å². The van der Waals surface area contributed by atoms with Crippen LogP contribution in [-0.2, 0) is 10.0 Å². The first-order chi connectivity index (χ1) is 12.0. The van der Waals surface area contributed by atoms with E-state index in [2.05, 4.69) is 10.0 Å². The highest BCUT2D eigenvalue weighted by Crippen LogP contribution is 2.21. The topological polar surface area (TPSA) is 101 Å². The zero-order valence-electron chi connectivity index (χ0n) is 15.2. The molecular formula is C18H23ClFN3O3S. The van der Waals surface area contributed by atoms with Crippen molar-refractivity contribution in [3.63, 3.8) is 0 Å². The molecule has 2 rings (SSSR count). The van der Waals surface area contributed by atoms with Gasteiger partial charge in [0.1, 0.15) is 5.82 Å². The maximum Gasteiger partial charge on any atom is 0.262 e. The van der Waals surface area contributed by atoms with Gasteiger partial charge in [0.05, 0.1) is 4.90 Å². The van der Waals surface area contributed by atoms with Gasteiger partial charge in [-0.25, -0.2) is 12.8 Å². The van der Waals surface area contributed by atoms with Crippen molar-refractivity contribution in [3.8, 4) is 0 Å². The van der Waals surface area contributed by atoms with Crippen molar-refractivity contribution in [2.24, 2.45) is 5.73 Å². The third-order valence-corrected chi connectivity index (χ3v) is 5.32. The Labute approximate surface area is 164 Å². The fraction of sp³-hybridized carbons (Fsp3) is 0.278. The summed E-state index contributed by atoms with van der Waals surface area (Å²) < 4.78 is 40.7. The molecule has 0 aliphatic carbocycles. The zero-order valence-corrected chi connectivity index (χ0v) is 16.9. The maximum absolute atomic E-state index is 13.0. The first-order valence-electron chi connectivity index (χ1n) is 7.96. The number of nitrogens with two attached hydrogens (primary N) is 1. The minimum Gasteiger partial charge on any atom is -0.346 e. The average molecular weight is 416 g/mol. The Morgan fingerprint density at radius 2 is 1.74 bits per heavy atom. The number of benzene rings is 2. The summed E-state index contributed by atoms with van der Waals surface area (Å²) in [5.41, 5.74) is 5.90. The van der Waals surface area contributed by atoms with Crippen molar-refractivity contribution in [2.75, 3.05) is 11.3 Å². The predicted octanol–water partition coefficient (Wildman–Crippen LogP) is 2.82. The lowest BCUT2D eigenvalue weighted by Crippen LogP contribution is -2.48. The molecule has 0 radical (unpaired) electrons. The Hall–Kier alpha value is -2.16. The largest absolute Gasteiger partial charge is 0.346 e. The number of aryl methyl sites for hydroxylation is 1. The Kier molecular flexibility index (Phi) is 7.36. The Morgan fingerprint density at radius 3 is 2.30 bits per heavy atom. The van der Waals surface area contributed by atoms with Crippen LogP contribution in [0.2, 0.25) is 0 Å². The van der Waals surface area contributed by atoms with Crippen molar-refractivity contribution in [3.05, 3.63) is 59.4 Å². The number of hydrogen-bond donors (Lipinski definition) is 3. The van der Waals surface area contributed by atoms with Gasteiger partial charge in [0.2, 0.25) is 0 Å². The molecular weight excluding hydrogens is 393 g/mol. The highest BCUT2D eigenvalue weighted by Gasteiger charge is 2.22. The van der Waals surface area contributed by atoms with Crippen LogP contribution in [0.15, 0.2) is 47.4 Å². The number of amides is 1. The predicted molar refractivity (Wildman–Crippen MR) is 106 cm³/mol. The Morgan fingerprint density at radius 1 is 1.15 bits per heavy atom. The molecule has 6 nitrogen and oxygen atoms in total. The van der Waals surface area contributed by atoms with Crippen LogP contribution in [0.3, 0.4) is 0 Å². The van der Waals surface area contributed by atoms with Gasteiger partial charge in [-0.2, -0.15) is 0 Å². The number of anilines is 1. The SMILES string of the molecule is Cc1ccc(C(=O)NC(C)(C)CN)cc1S(=O)(=O)Nc1ccc(F)cc1.Cl. The van der Waals surface area contributed by atoms with Gasteiger partial charge >= 0.3 is 0 Å². The second-order valence-corrected chi connectivity index (χ2v) is 8.29. The third-order valence-electron chi connectivity index (χ3n) is 3.80. The third kappa shape index (κ3) is 5.92. The number of carbonyl (C=O) groups is 1. The molecule has 1 amide bonds. The van der Waals surface area contributed by atoms with Crippen LogP contribution in [0.1, 0.15) is 29.8 Å². The normalized spacial score (nSPS) is 11.4. The van der Waals surface area contributed by atoms with Gasteiger partial charge in [0, 0.05) is 23.3 Å². The van der Waals surface area contributed by atoms with E-state index in [1.54, 1.807) is 32.9 Å². The van der Waals surface area contributed by atoms with Crippen LogP contribution in [0.5, 0.6) is 0 Å². The van der Waals surface area contributed by atoms with Crippen molar-refractivity contribution >= 4 is 34.0 Å². The van der Waals surface area contributed by atoms with Crippen molar-refractivity contribution in [1.29, 1.82) is 0 Å². The number of nitrogens with one attached hydrogen (secondary N) is 2. The quantitative estimate of drug-likeness (QED) is 0.675. The van der Waals surface area contributed by atoms with Crippen LogP contribution in [0.25, 0.3) is 0 Å². The van der Waals surface area contributed by atoms with Crippen molar-refractivity contribution in [2.45, 2.75) is 31.2 Å². The van der Waals surface area contributed by atoms with Crippen LogP contribution >= 0.6 is 12.4 Å². The van der Waals surface area contributed by atoms with E-state index in [4.69, 9.17) is 5.73 Å². The van der Waals surface area contributed by atoms with Crippen LogP contribution in [-0.4, -0.2) is 26.4 Å². The second-order valence-electron chi connectivity index (χ2n) is 6.63. The second kappa shape index (κ2) is 8.69. The summed E-state index contributed by atoms with van der Waals surface area (Å²) in [5, 5.41) is 2.76. The standard InChI is InChI=1S/C18H22FN3O3S.ClH/c1-12-4-5-13(17(23)21-18(2,3)11-20)10-16(12)26(24,25)22-15-8-6-14(19)7-9-15;/h4-10,22H,11,20H2,1-3H3,(H,21,23);1H. The first kappa shape index (κ1) is 22.9. The van der Waals surface area contributed by atoms with Gasteiger partial charge in [0.25, 0.3) is 15.9 Å². The Bertz CT molecular complexity index is 916. The molecule has 0 aromatic heterocycles. The van der Waals surface area contributed by atoms with Crippen LogP contribution < -0.4 is 15.8 Å². The highest BCUT2D eigenvalue weighted by molar-refractivity contribution is 7.92. The first-order valence-corrected chi connectivity index (χ1v) is 9.44. The molecule has 0 saturated heterocycles. The lowest BCUT2D eigenvalue weighted by molar-refractivity contribution is 0.0915. The number of sulfonamides is 1. The van der Waals surface area contributed by atoms with Gasteiger partial charge < -0.3 is 11.1 Å². The molecule has 148 valence electrons. The molecule has 0 aliphatic heterocycles. The lowest BCUT2D eigenvalue weighted by Gasteiger charge is -2.24. The summed E-state index contributed by atoms with van der Waals surface area (Å²) in [5.74, 6) is -0.885. The maximum atomic E-state index is 13.0. The van der Waals surface area contributed by atoms with Gasteiger partial charge in [-0.05, 0) is 62.7 Å². The van der Waals surface area contributed by atoms with Gasteiger partial charge in [-0.1, -0.05) is 6.07 Å². The summed E-state index contributed by atoms with van der Waals surface area (Å²) >= 11 is 0. The van der Waals surface area contributed by atoms with E-state index in [9.17, 15) is 17.6 Å². The molecule has 27 heavy (non-hydrogen) atoms. The van der Waals surface area contributed by atoms with Crippen molar-refractivity contribution < 1.29 is 17.6 Å². The molecule has 4 N–H and O–H groups in total. The Balaban J connectivity index is 0.00000364. The molecule has 9 heteroatoms. The monoisotopic (exact) mass is 415 g/mol. The van der Waals surface area contributed by atoms with E-state index in [1.165, 1.54) is 18.2 Å². The fourth-order valence-corrected chi connectivity index (χ4v) is 3.52. The van der Waals surface area contributed by atoms with E-state index >= 15 is 0 Å². The molecule has 2 aromatic carbocycles. The molecule has 0 saturated carbocycles. The van der Waals surface area contributed by atoms with Gasteiger partial charge in [-0.15, -0.1) is 12.4 Å². The molecule has 0 aliphatic rings. The summed E-state index contributed by atoms with van der Waals surface area (Å²) in [6, 6.07) is 9.37. The molecule has 0 bridgehead atoms.